The lowest BCUT2D eigenvalue weighted by Gasteiger charge is -2.26. The van der Waals surface area contributed by atoms with Gasteiger partial charge in [-0.2, -0.15) is 9.97 Å². The number of aliphatic hydroxyl groups is 1. The summed E-state index contributed by atoms with van der Waals surface area (Å²) >= 11 is 0. The smallest absolute Gasteiger partial charge is 0.227 e. The fourth-order valence-corrected chi connectivity index (χ4v) is 3.22. The highest BCUT2D eigenvalue weighted by Gasteiger charge is 2.23. The highest BCUT2D eigenvalue weighted by Crippen LogP contribution is 2.25. The summed E-state index contributed by atoms with van der Waals surface area (Å²) in [7, 11) is 0. The van der Waals surface area contributed by atoms with E-state index in [0.29, 0.717) is 18.3 Å². The predicted octanol–water partition coefficient (Wildman–Crippen LogP) is 3.62. The van der Waals surface area contributed by atoms with E-state index in [0.717, 1.165) is 23.3 Å². The zero-order valence-electron chi connectivity index (χ0n) is 17.8. The monoisotopic (exact) mass is 397 g/mol. The summed E-state index contributed by atoms with van der Waals surface area (Å²) in [6.45, 7) is 10.8. The molecule has 0 radical (unpaired) electrons. The molecule has 29 heavy (non-hydrogen) atoms. The van der Waals surface area contributed by atoms with Crippen LogP contribution in [-0.2, 0) is 6.54 Å². The molecule has 8 heteroatoms. The molecule has 3 aromatic heterocycles. The number of aliphatic hydroxyl groups excluding tert-OH is 1. The van der Waals surface area contributed by atoms with E-state index in [-0.39, 0.29) is 18.0 Å². The van der Waals surface area contributed by atoms with E-state index in [1.165, 1.54) is 0 Å². The van der Waals surface area contributed by atoms with Crippen LogP contribution in [0.15, 0.2) is 30.7 Å². The van der Waals surface area contributed by atoms with Crippen LogP contribution in [0.1, 0.15) is 52.8 Å². The second-order valence-corrected chi connectivity index (χ2v) is 7.88. The number of nitrogens with zero attached hydrogens (tertiary/aromatic N) is 5. The molecule has 0 bridgehead atoms. The lowest BCUT2D eigenvalue weighted by atomic mass is 9.98. The molecule has 0 aliphatic carbocycles. The van der Waals surface area contributed by atoms with Gasteiger partial charge in [0.1, 0.15) is 0 Å². The topological polar surface area (TPSA) is 101 Å². The summed E-state index contributed by atoms with van der Waals surface area (Å²) in [4.78, 5) is 18.3. The molecule has 0 aliphatic heterocycles. The second-order valence-electron chi connectivity index (χ2n) is 7.88. The molecule has 2 unspecified atom stereocenters. The van der Waals surface area contributed by atoms with Crippen molar-refractivity contribution in [3.63, 3.8) is 0 Å². The first-order chi connectivity index (χ1) is 13.9. The third kappa shape index (κ3) is 4.82. The van der Waals surface area contributed by atoms with Crippen molar-refractivity contribution >= 4 is 22.9 Å². The van der Waals surface area contributed by atoms with Gasteiger partial charge >= 0.3 is 0 Å². The number of hydrogen-bond acceptors (Lipinski definition) is 7. The van der Waals surface area contributed by atoms with Crippen molar-refractivity contribution in [1.29, 1.82) is 0 Å². The standard InChI is InChI=1S/C21H31N7O/c1-6-16(18(29)13(2)3)25-21-26-19(23-11-15-9-7-8-10-22-15)17-20(27-21)28(12-24-17)14(4)5/h7-10,12-14,16,18,29H,6,11H2,1-5H3,(H2,23,25,26,27). The molecule has 156 valence electrons. The van der Waals surface area contributed by atoms with Gasteiger partial charge in [-0.15, -0.1) is 0 Å². The number of pyridine rings is 1. The quantitative estimate of drug-likeness (QED) is 0.507. The van der Waals surface area contributed by atoms with Crippen molar-refractivity contribution in [2.75, 3.05) is 10.6 Å². The molecule has 0 spiro atoms. The van der Waals surface area contributed by atoms with E-state index < -0.39 is 6.10 Å². The molecule has 0 saturated carbocycles. The third-order valence-corrected chi connectivity index (χ3v) is 4.99. The van der Waals surface area contributed by atoms with Crippen molar-refractivity contribution in [3.05, 3.63) is 36.4 Å². The number of nitrogens with one attached hydrogen (secondary N) is 2. The zero-order chi connectivity index (χ0) is 21.0. The van der Waals surface area contributed by atoms with Gasteiger partial charge in [-0.05, 0) is 38.3 Å². The number of rotatable bonds is 9. The van der Waals surface area contributed by atoms with E-state index >= 15 is 0 Å². The molecule has 0 saturated heterocycles. The van der Waals surface area contributed by atoms with Crippen LogP contribution >= 0.6 is 0 Å². The van der Waals surface area contributed by atoms with Gasteiger partial charge in [0.15, 0.2) is 17.0 Å². The summed E-state index contributed by atoms with van der Waals surface area (Å²) < 4.78 is 2.02. The number of anilines is 2. The number of hydrogen-bond donors (Lipinski definition) is 3. The molecule has 3 heterocycles. The molecule has 0 aliphatic rings. The number of aromatic nitrogens is 5. The third-order valence-electron chi connectivity index (χ3n) is 4.99. The molecular formula is C21H31N7O. The summed E-state index contributed by atoms with van der Waals surface area (Å²) in [5, 5.41) is 17.2. The van der Waals surface area contributed by atoms with E-state index in [2.05, 4.69) is 39.4 Å². The maximum atomic E-state index is 10.5. The van der Waals surface area contributed by atoms with Gasteiger partial charge < -0.3 is 20.3 Å². The maximum Gasteiger partial charge on any atom is 0.227 e. The summed E-state index contributed by atoms with van der Waals surface area (Å²) in [6.07, 6.45) is 3.84. The summed E-state index contributed by atoms with van der Waals surface area (Å²) in [5.41, 5.74) is 2.39. The molecule has 2 atom stereocenters. The Kier molecular flexibility index (Phi) is 6.64. The van der Waals surface area contributed by atoms with Crippen LogP contribution in [0.4, 0.5) is 11.8 Å². The minimum absolute atomic E-state index is 0.133. The Labute approximate surface area is 171 Å². The first kappa shape index (κ1) is 21.0. The molecule has 3 aromatic rings. The predicted molar refractivity (Wildman–Crippen MR) is 116 cm³/mol. The van der Waals surface area contributed by atoms with Gasteiger partial charge in [0, 0.05) is 12.2 Å². The van der Waals surface area contributed by atoms with Gasteiger partial charge in [-0.25, -0.2) is 4.98 Å². The van der Waals surface area contributed by atoms with Gasteiger partial charge in [-0.1, -0.05) is 26.8 Å². The van der Waals surface area contributed by atoms with Crippen LogP contribution in [0, 0.1) is 5.92 Å². The van der Waals surface area contributed by atoms with Crippen molar-refractivity contribution in [2.45, 2.75) is 65.8 Å². The highest BCUT2D eigenvalue weighted by atomic mass is 16.3. The number of fused-ring (bicyclic) bond motifs is 1. The van der Waals surface area contributed by atoms with Crippen LogP contribution in [0.3, 0.4) is 0 Å². The van der Waals surface area contributed by atoms with Crippen molar-refractivity contribution in [2.24, 2.45) is 5.92 Å². The van der Waals surface area contributed by atoms with E-state index in [9.17, 15) is 5.11 Å². The van der Waals surface area contributed by atoms with Crippen molar-refractivity contribution < 1.29 is 5.11 Å². The molecular weight excluding hydrogens is 366 g/mol. The first-order valence-electron chi connectivity index (χ1n) is 10.2. The van der Waals surface area contributed by atoms with E-state index in [4.69, 9.17) is 4.98 Å². The van der Waals surface area contributed by atoms with Crippen LogP contribution in [0.5, 0.6) is 0 Å². The van der Waals surface area contributed by atoms with Gasteiger partial charge in [-0.3, -0.25) is 4.98 Å². The Balaban J connectivity index is 1.95. The lowest BCUT2D eigenvalue weighted by molar-refractivity contribution is 0.103. The number of imidazole rings is 1. The summed E-state index contributed by atoms with van der Waals surface area (Å²) in [6, 6.07) is 5.90. The SMILES string of the molecule is CCC(Nc1nc(NCc2ccccn2)c2ncn(C(C)C)c2n1)C(O)C(C)C. The van der Waals surface area contributed by atoms with Crippen molar-refractivity contribution in [1.82, 2.24) is 24.5 Å². The van der Waals surface area contributed by atoms with Crippen LogP contribution < -0.4 is 10.6 Å². The average Bonchev–Trinajstić information content (AvgIpc) is 3.14. The van der Waals surface area contributed by atoms with Gasteiger partial charge in [0.2, 0.25) is 5.95 Å². The molecule has 3 rings (SSSR count). The van der Waals surface area contributed by atoms with Gasteiger partial charge in [0.05, 0.1) is 30.7 Å². The Morgan fingerprint density at radius 3 is 2.52 bits per heavy atom. The average molecular weight is 398 g/mol. The van der Waals surface area contributed by atoms with Crippen LogP contribution in [-0.4, -0.2) is 41.8 Å². The minimum Gasteiger partial charge on any atom is -0.391 e. The summed E-state index contributed by atoms with van der Waals surface area (Å²) in [5.74, 6) is 1.27. The molecule has 8 nitrogen and oxygen atoms in total. The Morgan fingerprint density at radius 2 is 1.90 bits per heavy atom. The molecule has 3 N–H and O–H groups in total. The van der Waals surface area contributed by atoms with E-state index in [1.54, 1.807) is 12.5 Å². The Hall–Kier alpha value is -2.74. The fraction of sp³-hybridized carbons (Fsp3) is 0.524. The molecule has 0 amide bonds. The second kappa shape index (κ2) is 9.17. The molecule has 0 aromatic carbocycles. The zero-order valence-corrected chi connectivity index (χ0v) is 17.8. The van der Waals surface area contributed by atoms with Crippen molar-refractivity contribution in [3.8, 4) is 0 Å². The van der Waals surface area contributed by atoms with Crippen LogP contribution in [0.25, 0.3) is 11.2 Å². The fourth-order valence-electron chi connectivity index (χ4n) is 3.22. The lowest BCUT2D eigenvalue weighted by Crippen LogP contribution is -2.37. The highest BCUT2D eigenvalue weighted by molar-refractivity contribution is 5.84. The van der Waals surface area contributed by atoms with Crippen LogP contribution in [0.2, 0.25) is 0 Å². The van der Waals surface area contributed by atoms with E-state index in [1.807, 2.05) is 43.5 Å². The Bertz CT molecular complexity index is 923. The largest absolute Gasteiger partial charge is 0.391 e. The maximum absolute atomic E-state index is 10.5. The van der Waals surface area contributed by atoms with Gasteiger partial charge in [0.25, 0.3) is 0 Å². The minimum atomic E-state index is -0.487. The first-order valence-corrected chi connectivity index (χ1v) is 10.2. The normalized spacial score (nSPS) is 13.8. The molecule has 0 fully saturated rings. The Morgan fingerprint density at radius 1 is 1.10 bits per heavy atom.